The lowest BCUT2D eigenvalue weighted by Gasteiger charge is -2.34. The van der Waals surface area contributed by atoms with Crippen LogP contribution >= 0.6 is 0 Å². The highest BCUT2D eigenvalue weighted by Crippen LogP contribution is 2.36. The third kappa shape index (κ3) is 1.65. The first-order valence-electron chi connectivity index (χ1n) is 6.54. The fourth-order valence-electron chi connectivity index (χ4n) is 0.448. The van der Waals surface area contributed by atoms with Crippen molar-refractivity contribution in [1.29, 1.82) is 0 Å². The van der Waals surface area contributed by atoms with E-state index in [1.54, 1.807) is 0 Å². The first kappa shape index (κ1) is 2.88. The Balaban J connectivity index is 3.70. The lowest BCUT2D eigenvalue weighted by molar-refractivity contribution is -0.267. The molecule has 0 saturated carbocycles. The van der Waals surface area contributed by atoms with Crippen LogP contribution < -0.4 is 5.32 Å². The Kier molecular flexibility index (Phi) is 0.692. The number of halogens is 3. The average Bonchev–Trinajstić information content (AvgIpc) is 2.10. The minimum atomic E-state index is -5.93. The fraction of sp³-hybridized carbons (Fsp3) is 1.00. The molecule has 66 valence electrons. The van der Waals surface area contributed by atoms with E-state index in [1.165, 1.54) is 5.32 Å². The first-order chi connectivity index (χ1) is 7.96. The summed E-state index contributed by atoms with van der Waals surface area (Å²) >= 11 is 0. The van der Waals surface area contributed by atoms with Gasteiger partial charge >= 0.3 is 6.18 Å². The van der Waals surface area contributed by atoms with E-state index in [4.69, 9.17) is 11.0 Å². The third-order valence-corrected chi connectivity index (χ3v) is 1.02. The van der Waals surface area contributed by atoms with Gasteiger partial charge in [-0.1, -0.05) is 0 Å². The van der Waals surface area contributed by atoms with Gasteiger partial charge in [0.05, 0.1) is 0 Å². The molecule has 2 N–H and O–H groups in total. The predicted octanol–water partition coefficient (Wildman–Crippen LogP) is 0.663. The Morgan fingerprint density at radius 3 is 2.18 bits per heavy atom. The van der Waals surface area contributed by atoms with Crippen molar-refractivity contribution in [2.75, 3.05) is 13.0 Å². The smallest absolute Gasteiger partial charge is 0.380 e. The molecular weight excluding hydrogens is 159 g/mol. The molecule has 1 aliphatic rings. The summed E-state index contributed by atoms with van der Waals surface area (Å²) in [5.41, 5.74) is -4.87. The van der Waals surface area contributed by atoms with Crippen molar-refractivity contribution in [3.8, 4) is 0 Å². The van der Waals surface area contributed by atoms with Gasteiger partial charge in [0.2, 0.25) is 0 Å². The van der Waals surface area contributed by atoms with Gasteiger partial charge < -0.3 is 10.4 Å². The molecule has 0 atom stereocenters. The zero-order valence-electron chi connectivity index (χ0n) is 13.1. The SMILES string of the molecule is [2H]C1([2H])NC([2H])([2H])C([2H])([2H])C(O)(C(F)(F)F)C1([2H])[2H]. The molecule has 0 aliphatic carbocycles. The van der Waals surface area contributed by atoms with Crippen LogP contribution in [0.2, 0.25) is 0 Å². The largest absolute Gasteiger partial charge is 0.417 e. The highest BCUT2D eigenvalue weighted by molar-refractivity contribution is 4.90. The molecule has 11 heavy (non-hydrogen) atoms. The minimum Gasteiger partial charge on any atom is -0.380 e. The standard InChI is InChI=1S/C6H10F3NO/c7-6(8,9)5(11)1-3-10-4-2-5/h10-11H,1-4H2/i1D2,2D2,3D2,4D2. The van der Waals surface area contributed by atoms with Gasteiger partial charge in [-0.25, -0.2) is 0 Å². The van der Waals surface area contributed by atoms with Crippen molar-refractivity contribution >= 4 is 0 Å². The van der Waals surface area contributed by atoms with Crippen molar-refractivity contribution in [2.45, 2.75) is 24.5 Å². The molecule has 0 radical (unpaired) electrons. The van der Waals surface area contributed by atoms with Gasteiger partial charge in [-0.15, -0.1) is 0 Å². The van der Waals surface area contributed by atoms with Crippen LogP contribution in [0.3, 0.4) is 0 Å². The first-order valence-corrected chi connectivity index (χ1v) is 2.54. The van der Waals surface area contributed by atoms with Crippen molar-refractivity contribution in [3.05, 3.63) is 0 Å². The highest BCUT2D eigenvalue weighted by Gasteiger charge is 2.53. The van der Waals surface area contributed by atoms with E-state index in [-0.39, 0.29) is 0 Å². The van der Waals surface area contributed by atoms with Gasteiger partial charge in [0.25, 0.3) is 0 Å². The van der Waals surface area contributed by atoms with Crippen LogP contribution in [0.15, 0.2) is 0 Å². The summed E-state index contributed by atoms with van der Waals surface area (Å²) in [6, 6.07) is 0. The van der Waals surface area contributed by atoms with Gasteiger partial charge in [-0.2, -0.15) is 13.2 Å². The van der Waals surface area contributed by atoms with Crippen LogP contribution in [-0.2, 0) is 0 Å². The zero-order valence-corrected chi connectivity index (χ0v) is 5.08. The van der Waals surface area contributed by atoms with Gasteiger partial charge in [0.15, 0.2) is 5.60 Å². The monoisotopic (exact) mass is 177 g/mol. The average molecular weight is 177 g/mol. The number of piperidine rings is 1. The normalized spacial score (nSPS) is 54.2. The summed E-state index contributed by atoms with van der Waals surface area (Å²) in [4.78, 5) is 0. The molecule has 0 bridgehead atoms. The van der Waals surface area contributed by atoms with Gasteiger partial charge in [0.1, 0.15) is 0 Å². The summed E-state index contributed by atoms with van der Waals surface area (Å²) in [7, 11) is 0. The van der Waals surface area contributed by atoms with E-state index in [1.807, 2.05) is 0 Å². The Morgan fingerprint density at radius 1 is 1.36 bits per heavy atom. The van der Waals surface area contributed by atoms with Crippen LogP contribution in [0.4, 0.5) is 13.2 Å². The molecule has 1 heterocycles. The van der Waals surface area contributed by atoms with Crippen LogP contribution in [0.25, 0.3) is 0 Å². The molecule has 1 saturated heterocycles. The van der Waals surface area contributed by atoms with E-state index < -0.39 is 37.5 Å². The molecular formula is C6H10F3NO. The van der Waals surface area contributed by atoms with Crippen molar-refractivity contribution < 1.29 is 29.2 Å². The van der Waals surface area contributed by atoms with Crippen LogP contribution in [0, 0.1) is 0 Å². The summed E-state index contributed by atoms with van der Waals surface area (Å²) in [5.74, 6) is 0. The molecule has 0 unspecified atom stereocenters. The van der Waals surface area contributed by atoms with Crippen molar-refractivity contribution in [3.63, 3.8) is 0 Å². The number of nitrogens with one attached hydrogen (secondary N) is 1. The molecule has 0 amide bonds. The number of rotatable bonds is 0. The third-order valence-electron chi connectivity index (χ3n) is 1.02. The molecule has 0 aromatic carbocycles. The van der Waals surface area contributed by atoms with Crippen LogP contribution in [-0.4, -0.2) is 29.9 Å². The van der Waals surface area contributed by atoms with E-state index in [9.17, 15) is 18.3 Å². The van der Waals surface area contributed by atoms with Crippen molar-refractivity contribution in [1.82, 2.24) is 5.32 Å². The minimum absolute atomic E-state index is 1.20. The maximum absolute atomic E-state index is 12.9. The summed E-state index contributed by atoms with van der Waals surface area (Å²) in [5, 5.41) is 10.7. The summed E-state index contributed by atoms with van der Waals surface area (Å²) in [6.45, 7) is -7.29. The maximum atomic E-state index is 12.9. The Labute approximate surface area is 73.6 Å². The van der Waals surface area contributed by atoms with Gasteiger partial charge in [-0.3, -0.25) is 0 Å². The van der Waals surface area contributed by atoms with E-state index in [2.05, 4.69) is 0 Å². The molecule has 5 heteroatoms. The predicted molar refractivity (Wildman–Crippen MR) is 33.1 cm³/mol. The Morgan fingerprint density at radius 2 is 1.82 bits per heavy atom. The molecule has 0 spiro atoms. The number of alkyl halides is 3. The van der Waals surface area contributed by atoms with Gasteiger partial charge in [0, 0.05) is 11.0 Å². The van der Waals surface area contributed by atoms with Crippen LogP contribution in [0.1, 0.15) is 23.7 Å². The quantitative estimate of drug-likeness (QED) is 0.569. The van der Waals surface area contributed by atoms with E-state index in [0.29, 0.717) is 0 Å². The van der Waals surface area contributed by atoms with Gasteiger partial charge in [-0.05, 0) is 25.7 Å². The molecule has 0 aromatic heterocycles. The fourth-order valence-corrected chi connectivity index (χ4v) is 0.448. The summed E-state index contributed by atoms with van der Waals surface area (Å²) in [6.07, 6.45) is -14.2. The lowest BCUT2D eigenvalue weighted by Crippen LogP contribution is -2.52. The van der Waals surface area contributed by atoms with Crippen molar-refractivity contribution in [2.24, 2.45) is 0 Å². The molecule has 1 aliphatic heterocycles. The zero-order chi connectivity index (χ0) is 15.7. The Hall–Kier alpha value is -0.290. The molecule has 0 aromatic rings. The number of hydrogen-bond donors (Lipinski definition) is 2. The second-order valence-electron chi connectivity index (χ2n) is 1.83. The van der Waals surface area contributed by atoms with E-state index in [0.717, 1.165) is 0 Å². The van der Waals surface area contributed by atoms with E-state index >= 15 is 0 Å². The maximum Gasteiger partial charge on any atom is 0.417 e. The second kappa shape index (κ2) is 2.64. The molecule has 2 nitrogen and oxygen atoms in total. The lowest BCUT2D eigenvalue weighted by atomic mass is 9.92. The second-order valence-corrected chi connectivity index (χ2v) is 1.83. The molecule has 1 fully saturated rings. The topological polar surface area (TPSA) is 32.3 Å². The highest BCUT2D eigenvalue weighted by atomic mass is 19.4. The number of hydrogen-bond acceptors (Lipinski definition) is 2. The Bertz CT molecular complexity index is 368. The molecule has 1 rings (SSSR count). The van der Waals surface area contributed by atoms with Crippen LogP contribution in [0.5, 0.6) is 0 Å². The number of aliphatic hydroxyl groups is 1. The summed E-state index contributed by atoms with van der Waals surface area (Å²) < 4.78 is 95.7.